The average Bonchev–Trinajstić information content (AvgIpc) is 2.89. The number of fused-ring (bicyclic) bond motifs is 1. The summed E-state index contributed by atoms with van der Waals surface area (Å²) in [7, 11) is -3.67. The van der Waals surface area contributed by atoms with Crippen LogP contribution in [0.3, 0.4) is 0 Å². The number of piperidine rings is 1. The molecule has 0 aliphatic carbocycles. The Balaban J connectivity index is 0.000000648. The van der Waals surface area contributed by atoms with Gasteiger partial charge in [0.05, 0.1) is 6.26 Å². The molecule has 2 unspecified atom stereocenters. The van der Waals surface area contributed by atoms with Crippen LogP contribution < -0.4 is 14.8 Å². The second-order valence-corrected chi connectivity index (χ2v) is 11.0. The van der Waals surface area contributed by atoms with Crippen molar-refractivity contribution in [2.45, 2.75) is 38.3 Å². The largest absolute Gasteiger partial charge is 0.508 e. The minimum Gasteiger partial charge on any atom is -0.508 e. The normalized spacial score (nSPS) is 16.1. The van der Waals surface area contributed by atoms with Crippen LogP contribution in [0, 0.1) is 0 Å². The van der Waals surface area contributed by atoms with Gasteiger partial charge in [-0.2, -0.15) is 8.42 Å². The van der Waals surface area contributed by atoms with E-state index in [2.05, 4.69) is 12.2 Å². The van der Waals surface area contributed by atoms with E-state index in [1.807, 2.05) is 54.6 Å². The number of nitrogens with one attached hydrogen (secondary N) is 1. The Labute approximate surface area is 228 Å². The molecule has 9 heteroatoms. The standard InChI is InChI=1S/C29H29NO4.CH4O3S/c1-19(28-7-2-3-16-30-28)33-24-10-12-25(13-11-24)34-29-26(20-5-4-6-22(31)17-20)14-8-21-18-23(32)9-15-27(21)29;1-5(2,3)4/h4-6,8-15,17-19,28,30-32H,2-3,7,16H2,1H3;1H3,(H,2,3,4). The quantitative estimate of drug-likeness (QED) is 0.211. The molecule has 1 aliphatic rings. The summed E-state index contributed by atoms with van der Waals surface area (Å²) >= 11 is 0. The van der Waals surface area contributed by atoms with E-state index in [1.165, 1.54) is 12.8 Å². The Morgan fingerprint density at radius 3 is 2.26 bits per heavy atom. The third-order valence-electron chi connectivity index (χ3n) is 6.39. The smallest absolute Gasteiger partial charge is 0.261 e. The molecule has 0 saturated carbocycles. The van der Waals surface area contributed by atoms with Crippen molar-refractivity contribution in [3.63, 3.8) is 0 Å². The predicted molar refractivity (Wildman–Crippen MR) is 152 cm³/mol. The molecule has 2 atom stereocenters. The zero-order valence-corrected chi connectivity index (χ0v) is 22.7. The Morgan fingerprint density at radius 1 is 0.897 bits per heavy atom. The van der Waals surface area contributed by atoms with E-state index in [9.17, 15) is 18.6 Å². The zero-order valence-electron chi connectivity index (χ0n) is 21.9. The van der Waals surface area contributed by atoms with Gasteiger partial charge in [0, 0.05) is 17.0 Å². The molecule has 1 aliphatic heterocycles. The molecule has 0 spiro atoms. The highest BCUT2D eigenvalue weighted by atomic mass is 32.2. The fourth-order valence-corrected chi connectivity index (χ4v) is 4.58. The van der Waals surface area contributed by atoms with E-state index >= 15 is 0 Å². The topological polar surface area (TPSA) is 125 Å². The number of aromatic hydroxyl groups is 2. The molecule has 0 aromatic heterocycles. The van der Waals surface area contributed by atoms with E-state index < -0.39 is 10.1 Å². The lowest BCUT2D eigenvalue weighted by molar-refractivity contribution is 0.152. The molecule has 4 N–H and O–H groups in total. The first-order valence-corrected chi connectivity index (χ1v) is 14.6. The van der Waals surface area contributed by atoms with Gasteiger partial charge >= 0.3 is 0 Å². The number of rotatable bonds is 6. The number of phenolic OH excluding ortho intramolecular Hbond substituents is 2. The van der Waals surface area contributed by atoms with Crippen molar-refractivity contribution in [3.05, 3.63) is 78.9 Å². The first-order valence-electron chi connectivity index (χ1n) is 12.7. The van der Waals surface area contributed by atoms with Crippen LogP contribution in [-0.2, 0) is 10.1 Å². The van der Waals surface area contributed by atoms with E-state index in [0.29, 0.717) is 23.8 Å². The highest BCUT2D eigenvalue weighted by molar-refractivity contribution is 7.85. The van der Waals surface area contributed by atoms with Crippen molar-refractivity contribution < 1.29 is 32.7 Å². The third-order valence-corrected chi connectivity index (χ3v) is 6.39. The molecule has 1 fully saturated rings. The van der Waals surface area contributed by atoms with Crippen LogP contribution in [0.4, 0.5) is 0 Å². The van der Waals surface area contributed by atoms with Gasteiger partial charge in [-0.15, -0.1) is 0 Å². The highest BCUT2D eigenvalue weighted by Crippen LogP contribution is 2.41. The molecule has 39 heavy (non-hydrogen) atoms. The summed E-state index contributed by atoms with van der Waals surface area (Å²) in [5.74, 6) is 2.54. The van der Waals surface area contributed by atoms with Crippen molar-refractivity contribution >= 4 is 20.9 Å². The summed E-state index contributed by atoms with van der Waals surface area (Å²) in [5.41, 5.74) is 1.70. The van der Waals surface area contributed by atoms with Crippen LogP contribution >= 0.6 is 0 Å². The molecule has 4 aromatic rings. The molecular weight excluding hydrogens is 518 g/mol. The van der Waals surface area contributed by atoms with Gasteiger partial charge in [-0.25, -0.2) is 0 Å². The molecular formula is C30H33NO7S. The predicted octanol–water partition coefficient (Wildman–Crippen LogP) is 6.12. The average molecular weight is 552 g/mol. The number of ether oxygens (including phenoxy) is 2. The maximum Gasteiger partial charge on any atom is 0.261 e. The maximum atomic E-state index is 10.0. The fraction of sp³-hybridized carbons (Fsp3) is 0.267. The summed E-state index contributed by atoms with van der Waals surface area (Å²) in [6, 6.07) is 24.3. The van der Waals surface area contributed by atoms with Gasteiger partial charge in [0.15, 0.2) is 0 Å². The first kappa shape index (κ1) is 28.2. The SMILES string of the molecule is CC(Oc1ccc(Oc2c(-c3cccc(O)c3)ccc3cc(O)ccc23)cc1)C1CCCCN1.CS(=O)(=O)O. The Morgan fingerprint density at radius 2 is 1.59 bits per heavy atom. The highest BCUT2D eigenvalue weighted by Gasteiger charge is 2.21. The van der Waals surface area contributed by atoms with Gasteiger partial charge in [0.25, 0.3) is 10.1 Å². The first-order chi connectivity index (χ1) is 18.6. The fourth-order valence-electron chi connectivity index (χ4n) is 4.58. The summed E-state index contributed by atoms with van der Waals surface area (Å²) in [5, 5.41) is 25.2. The third kappa shape index (κ3) is 8.10. The molecule has 206 valence electrons. The van der Waals surface area contributed by atoms with Gasteiger partial charge in [-0.3, -0.25) is 4.55 Å². The molecule has 4 aromatic carbocycles. The van der Waals surface area contributed by atoms with Crippen molar-refractivity contribution in [2.24, 2.45) is 0 Å². The van der Waals surface area contributed by atoms with Crippen molar-refractivity contribution in [1.82, 2.24) is 5.32 Å². The molecule has 0 amide bonds. The lowest BCUT2D eigenvalue weighted by Gasteiger charge is -2.29. The van der Waals surface area contributed by atoms with Crippen LogP contribution in [-0.4, -0.2) is 48.1 Å². The molecule has 5 rings (SSSR count). The summed E-state index contributed by atoms with van der Waals surface area (Å²) < 4.78 is 38.4. The second-order valence-electron chi connectivity index (χ2n) is 9.58. The zero-order chi connectivity index (χ0) is 28.0. The Kier molecular flexibility index (Phi) is 8.96. The number of benzene rings is 4. The monoisotopic (exact) mass is 551 g/mol. The van der Waals surface area contributed by atoms with Crippen LogP contribution in [0.2, 0.25) is 0 Å². The maximum absolute atomic E-state index is 10.0. The van der Waals surface area contributed by atoms with Crippen molar-refractivity contribution in [2.75, 3.05) is 12.8 Å². The van der Waals surface area contributed by atoms with Gasteiger partial charge in [-0.05, 0) is 97.9 Å². The van der Waals surface area contributed by atoms with E-state index in [1.54, 1.807) is 24.3 Å². The van der Waals surface area contributed by atoms with E-state index in [-0.39, 0.29) is 17.6 Å². The molecule has 1 saturated heterocycles. The molecule has 8 nitrogen and oxygen atoms in total. The van der Waals surface area contributed by atoms with Crippen LogP contribution in [0.25, 0.3) is 21.9 Å². The Hall–Kier alpha value is -3.79. The summed E-state index contributed by atoms with van der Waals surface area (Å²) in [6.45, 7) is 3.16. The lowest BCUT2D eigenvalue weighted by Crippen LogP contribution is -2.44. The lowest BCUT2D eigenvalue weighted by atomic mass is 9.99. The van der Waals surface area contributed by atoms with Crippen molar-refractivity contribution in [1.29, 1.82) is 0 Å². The van der Waals surface area contributed by atoms with Gasteiger partial charge in [0.2, 0.25) is 0 Å². The second kappa shape index (κ2) is 12.4. The molecule has 0 bridgehead atoms. The van der Waals surface area contributed by atoms with Crippen molar-refractivity contribution in [3.8, 4) is 39.9 Å². The van der Waals surface area contributed by atoms with Gasteiger partial charge in [-0.1, -0.05) is 24.6 Å². The van der Waals surface area contributed by atoms with E-state index in [0.717, 1.165) is 40.6 Å². The van der Waals surface area contributed by atoms with Crippen LogP contribution in [0.1, 0.15) is 26.2 Å². The van der Waals surface area contributed by atoms with Crippen LogP contribution in [0.5, 0.6) is 28.7 Å². The van der Waals surface area contributed by atoms with Crippen LogP contribution in [0.15, 0.2) is 78.9 Å². The van der Waals surface area contributed by atoms with E-state index in [4.69, 9.17) is 14.0 Å². The summed E-state index contributed by atoms with van der Waals surface area (Å²) in [4.78, 5) is 0. The summed E-state index contributed by atoms with van der Waals surface area (Å²) in [6.07, 6.45) is 4.41. The molecule has 0 radical (unpaired) electrons. The minimum atomic E-state index is -3.67. The van der Waals surface area contributed by atoms with Gasteiger partial charge < -0.3 is 25.0 Å². The minimum absolute atomic E-state index is 0.0928. The number of phenols is 2. The Bertz CT molecular complexity index is 1510. The number of hydrogen-bond acceptors (Lipinski definition) is 7. The molecule has 1 heterocycles. The van der Waals surface area contributed by atoms with Gasteiger partial charge in [0.1, 0.15) is 34.9 Å². The number of hydrogen-bond donors (Lipinski definition) is 4.